The molecule has 21 heavy (non-hydrogen) atoms. The summed E-state index contributed by atoms with van der Waals surface area (Å²) in [5, 5.41) is 9.49. The highest BCUT2D eigenvalue weighted by Crippen LogP contribution is 2.37. The van der Waals surface area contributed by atoms with Crippen LogP contribution in [0.4, 0.5) is 13.6 Å². The lowest BCUT2D eigenvalue weighted by Crippen LogP contribution is -2.37. The fraction of sp³-hybridized carbons (Fsp3) is 0.933. The van der Waals surface area contributed by atoms with Crippen molar-refractivity contribution >= 4 is 17.9 Å². The third-order valence-electron chi connectivity index (χ3n) is 3.53. The van der Waals surface area contributed by atoms with Gasteiger partial charge in [0.2, 0.25) is 5.92 Å². The Morgan fingerprint density at radius 2 is 1.90 bits per heavy atom. The quantitative estimate of drug-likeness (QED) is 0.719. The predicted molar refractivity (Wildman–Crippen MR) is 83.3 cm³/mol. The second kappa shape index (κ2) is 7.65. The maximum absolute atomic E-state index is 13.0. The van der Waals surface area contributed by atoms with Crippen LogP contribution in [0.1, 0.15) is 52.9 Å². The number of rotatable bonds is 6. The monoisotopic (exact) mass is 323 g/mol. The Kier molecular flexibility index (Phi) is 6.75. The standard InChI is InChI=1S/C15H27F2NO2S/c1-14(2,3)11-18(13(19)20)9-4-10-21-12-5-7-15(16,17)8-6-12/h12H,4-11H2,1-3H3,(H,19,20). The zero-order valence-corrected chi connectivity index (χ0v) is 14.0. The smallest absolute Gasteiger partial charge is 0.407 e. The molecule has 6 heteroatoms. The van der Waals surface area contributed by atoms with Gasteiger partial charge in [-0.2, -0.15) is 11.8 Å². The van der Waals surface area contributed by atoms with Crippen LogP contribution in [0.25, 0.3) is 0 Å². The average molecular weight is 323 g/mol. The van der Waals surface area contributed by atoms with E-state index in [1.54, 1.807) is 11.8 Å². The number of nitrogens with zero attached hydrogens (tertiary/aromatic N) is 1. The van der Waals surface area contributed by atoms with Crippen LogP contribution in [0, 0.1) is 5.41 Å². The van der Waals surface area contributed by atoms with Crippen LogP contribution in [0.3, 0.4) is 0 Å². The van der Waals surface area contributed by atoms with E-state index in [4.69, 9.17) is 0 Å². The van der Waals surface area contributed by atoms with Crippen LogP contribution in [-0.2, 0) is 0 Å². The summed E-state index contributed by atoms with van der Waals surface area (Å²) in [6.07, 6.45) is 1.03. The maximum atomic E-state index is 13.0. The van der Waals surface area contributed by atoms with E-state index in [2.05, 4.69) is 0 Å². The fourth-order valence-electron chi connectivity index (χ4n) is 2.50. The average Bonchev–Trinajstić information content (AvgIpc) is 2.33. The summed E-state index contributed by atoms with van der Waals surface area (Å²) in [6.45, 7) is 7.07. The lowest BCUT2D eigenvalue weighted by atomic mass is 9.96. The second-order valence-electron chi connectivity index (χ2n) is 7.04. The van der Waals surface area contributed by atoms with E-state index in [-0.39, 0.29) is 18.3 Å². The van der Waals surface area contributed by atoms with Crippen molar-refractivity contribution in [3.63, 3.8) is 0 Å². The maximum Gasteiger partial charge on any atom is 0.407 e. The summed E-state index contributed by atoms with van der Waals surface area (Å²) in [7, 11) is 0. The molecule has 0 saturated heterocycles. The molecule has 0 radical (unpaired) electrons. The van der Waals surface area contributed by atoms with E-state index in [9.17, 15) is 18.7 Å². The third kappa shape index (κ3) is 7.88. The molecule has 1 fully saturated rings. The highest BCUT2D eigenvalue weighted by Gasteiger charge is 2.34. The van der Waals surface area contributed by atoms with Crippen LogP contribution < -0.4 is 0 Å². The first kappa shape index (κ1) is 18.5. The molecule has 124 valence electrons. The highest BCUT2D eigenvalue weighted by atomic mass is 32.2. The van der Waals surface area contributed by atoms with Crippen molar-refractivity contribution in [1.82, 2.24) is 4.90 Å². The molecular weight excluding hydrogens is 296 g/mol. The lowest BCUT2D eigenvalue weighted by Gasteiger charge is -2.29. The molecule has 1 rings (SSSR count). The second-order valence-corrected chi connectivity index (χ2v) is 8.45. The minimum absolute atomic E-state index is 0.00403. The summed E-state index contributed by atoms with van der Waals surface area (Å²) in [6, 6.07) is 0. The first-order chi connectivity index (χ1) is 9.59. The van der Waals surface area contributed by atoms with Gasteiger partial charge in [0.1, 0.15) is 0 Å². The number of amides is 1. The SMILES string of the molecule is CC(C)(C)CN(CCCSC1CCC(F)(F)CC1)C(=O)O. The van der Waals surface area contributed by atoms with Crippen molar-refractivity contribution in [2.24, 2.45) is 5.41 Å². The van der Waals surface area contributed by atoms with Crippen molar-refractivity contribution in [3.05, 3.63) is 0 Å². The molecule has 0 aromatic heterocycles. The number of carboxylic acid groups (broad SMARTS) is 1. The molecule has 1 amide bonds. The Morgan fingerprint density at radius 1 is 1.33 bits per heavy atom. The van der Waals surface area contributed by atoms with Crippen molar-refractivity contribution in [3.8, 4) is 0 Å². The van der Waals surface area contributed by atoms with Crippen LogP contribution in [0.2, 0.25) is 0 Å². The zero-order chi connectivity index (χ0) is 16.1. The van der Waals surface area contributed by atoms with Gasteiger partial charge in [0.15, 0.2) is 0 Å². The van der Waals surface area contributed by atoms with Crippen molar-refractivity contribution in [2.45, 2.75) is 64.0 Å². The highest BCUT2D eigenvalue weighted by molar-refractivity contribution is 7.99. The topological polar surface area (TPSA) is 40.5 Å². The van der Waals surface area contributed by atoms with Crippen molar-refractivity contribution < 1.29 is 18.7 Å². The van der Waals surface area contributed by atoms with Gasteiger partial charge in [-0.15, -0.1) is 0 Å². The molecule has 0 unspecified atom stereocenters. The van der Waals surface area contributed by atoms with Gasteiger partial charge in [-0.3, -0.25) is 0 Å². The molecule has 0 atom stereocenters. The van der Waals surface area contributed by atoms with E-state index in [1.165, 1.54) is 4.90 Å². The van der Waals surface area contributed by atoms with E-state index in [0.717, 1.165) is 12.2 Å². The van der Waals surface area contributed by atoms with Gasteiger partial charge < -0.3 is 10.0 Å². The van der Waals surface area contributed by atoms with Crippen molar-refractivity contribution in [1.29, 1.82) is 0 Å². The molecular formula is C15H27F2NO2S. The molecule has 1 N–H and O–H groups in total. The normalized spacial score (nSPS) is 19.5. The molecule has 0 heterocycles. The molecule has 0 aliphatic heterocycles. The molecule has 0 bridgehead atoms. The number of halogens is 2. The number of alkyl halides is 2. The van der Waals surface area contributed by atoms with E-state index in [0.29, 0.717) is 31.2 Å². The minimum atomic E-state index is -2.47. The Hall–Kier alpha value is -0.520. The summed E-state index contributed by atoms with van der Waals surface area (Å²) in [5.41, 5.74) is -0.0551. The molecule has 1 saturated carbocycles. The molecule has 0 aromatic rings. The van der Waals surface area contributed by atoms with E-state index in [1.807, 2.05) is 20.8 Å². The zero-order valence-electron chi connectivity index (χ0n) is 13.2. The molecule has 3 nitrogen and oxygen atoms in total. The fourth-order valence-corrected chi connectivity index (χ4v) is 3.70. The largest absolute Gasteiger partial charge is 0.465 e. The van der Waals surface area contributed by atoms with Crippen LogP contribution in [-0.4, -0.2) is 46.1 Å². The Bertz CT molecular complexity index is 335. The van der Waals surface area contributed by atoms with Crippen LogP contribution in [0.5, 0.6) is 0 Å². The van der Waals surface area contributed by atoms with Crippen LogP contribution in [0.15, 0.2) is 0 Å². The molecule has 0 spiro atoms. The third-order valence-corrected chi connectivity index (χ3v) is 4.99. The molecule has 1 aliphatic rings. The minimum Gasteiger partial charge on any atom is -0.465 e. The lowest BCUT2D eigenvalue weighted by molar-refractivity contribution is -0.0323. The molecule has 0 aromatic carbocycles. The summed E-state index contributed by atoms with van der Waals surface area (Å²) >= 11 is 1.72. The summed E-state index contributed by atoms with van der Waals surface area (Å²) < 4.78 is 26.1. The number of hydrogen-bond donors (Lipinski definition) is 1. The predicted octanol–water partition coefficient (Wildman–Crippen LogP) is 4.71. The van der Waals surface area contributed by atoms with Gasteiger partial charge in [0.25, 0.3) is 0 Å². The number of hydrogen-bond acceptors (Lipinski definition) is 2. The van der Waals surface area contributed by atoms with Gasteiger partial charge >= 0.3 is 6.09 Å². The van der Waals surface area contributed by atoms with Gasteiger partial charge in [0.05, 0.1) is 0 Å². The Labute approximate surface area is 130 Å². The number of carbonyl (C=O) groups is 1. The van der Waals surface area contributed by atoms with Gasteiger partial charge in [-0.1, -0.05) is 20.8 Å². The Morgan fingerprint density at radius 3 is 2.38 bits per heavy atom. The van der Waals surface area contributed by atoms with E-state index >= 15 is 0 Å². The Balaban J connectivity index is 2.21. The van der Waals surface area contributed by atoms with E-state index < -0.39 is 12.0 Å². The first-order valence-electron chi connectivity index (χ1n) is 7.56. The van der Waals surface area contributed by atoms with Gasteiger partial charge in [-0.25, -0.2) is 13.6 Å². The number of thioether (sulfide) groups is 1. The van der Waals surface area contributed by atoms with Gasteiger partial charge in [0, 0.05) is 31.2 Å². The first-order valence-corrected chi connectivity index (χ1v) is 8.61. The van der Waals surface area contributed by atoms with Crippen molar-refractivity contribution in [2.75, 3.05) is 18.8 Å². The summed E-state index contributed by atoms with van der Waals surface area (Å²) in [4.78, 5) is 12.6. The summed E-state index contributed by atoms with van der Waals surface area (Å²) in [5.74, 6) is -1.63. The van der Waals surface area contributed by atoms with Crippen LogP contribution >= 0.6 is 11.8 Å². The van der Waals surface area contributed by atoms with Gasteiger partial charge in [-0.05, 0) is 30.4 Å². The molecule has 1 aliphatic carbocycles.